The van der Waals surface area contributed by atoms with Crippen molar-refractivity contribution in [3.8, 4) is 0 Å². The molecule has 2 aromatic heterocycles. The zero-order valence-corrected chi connectivity index (χ0v) is 11.3. The van der Waals surface area contributed by atoms with Gasteiger partial charge in [0.15, 0.2) is 0 Å². The average Bonchev–Trinajstić information content (AvgIpc) is 2.82. The predicted molar refractivity (Wildman–Crippen MR) is 76.2 cm³/mol. The first-order chi connectivity index (χ1) is 8.72. The van der Waals surface area contributed by atoms with Gasteiger partial charge in [-0.3, -0.25) is 9.36 Å². The van der Waals surface area contributed by atoms with E-state index in [2.05, 4.69) is 23.8 Å². The second-order valence-corrected chi connectivity index (χ2v) is 5.16. The van der Waals surface area contributed by atoms with E-state index in [1.54, 1.807) is 10.9 Å². The first-order valence-corrected chi connectivity index (χ1v) is 6.90. The minimum absolute atomic E-state index is 0.0200. The number of nitrogens with zero attached hydrogens (tertiary/aromatic N) is 2. The Morgan fingerprint density at radius 3 is 3.22 bits per heavy atom. The largest absolute Gasteiger partial charge is 0.313 e. The Hall–Kier alpha value is -1.46. The van der Waals surface area contributed by atoms with Gasteiger partial charge >= 0.3 is 0 Å². The molecule has 0 aromatic carbocycles. The van der Waals surface area contributed by atoms with Crippen LogP contribution >= 0.6 is 11.3 Å². The van der Waals surface area contributed by atoms with Gasteiger partial charge in [-0.15, -0.1) is 11.3 Å². The SMILES string of the molecule is C=C(CNCCC)Cn1cnc2ccsc2c1=O. The van der Waals surface area contributed by atoms with Crippen molar-refractivity contribution in [2.75, 3.05) is 13.1 Å². The maximum atomic E-state index is 12.1. The smallest absolute Gasteiger partial charge is 0.271 e. The van der Waals surface area contributed by atoms with E-state index in [0.29, 0.717) is 11.2 Å². The maximum absolute atomic E-state index is 12.1. The molecule has 2 rings (SSSR count). The lowest BCUT2D eigenvalue weighted by molar-refractivity contribution is 0.662. The zero-order valence-electron chi connectivity index (χ0n) is 10.5. The average molecular weight is 263 g/mol. The van der Waals surface area contributed by atoms with Crippen LogP contribution in [0.5, 0.6) is 0 Å². The number of hydrogen-bond acceptors (Lipinski definition) is 4. The number of thiophene rings is 1. The van der Waals surface area contributed by atoms with Crippen LogP contribution in [0.3, 0.4) is 0 Å². The predicted octanol–water partition coefficient (Wildman–Crippen LogP) is 2.01. The summed E-state index contributed by atoms with van der Waals surface area (Å²) < 4.78 is 2.33. The van der Waals surface area contributed by atoms with Gasteiger partial charge in [-0.2, -0.15) is 0 Å². The third-order valence-corrected chi connectivity index (χ3v) is 3.52. The molecule has 0 saturated carbocycles. The Balaban J connectivity index is 2.09. The highest BCUT2D eigenvalue weighted by atomic mass is 32.1. The molecule has 0 amide bonds. The molecule has 5 heteroatoms. The van der Waals surface area contributed by atoms with E-state index >= 15 is 0 Å². The van der Waals surface area contributed by atoms with Gasteiger partial charge in [0.05, 0.1) is 11.8 Å². The van der Waals surface area contributed by atoms with Gasteiger partial charge in [0.25, 0.3) is 5.56 Å². The van der Waals surface area contributed by atoms with Crippen molar-refractivity contribution in [3.05, 3.63) is 40.3 Å². The van der Waals surface area contributed by atoms with Gasteiger partial charge in [-0.05, 0) is 30.0 Å². The lowest BCUT2D eigenvalue weighted by Crippen LogP contribution is -2.24. The minimum Gasteiger partial charge on any atom is -0.313 e. The summed E-state index contributed by atoms with van der Waals surface area (Å²) in [5.74, 6) is 0. The van der Waals surface area contributed by atoms with Crippen LogP contribution in [0.2, 0.25) is 0 Å². The summed E-state index contributed by atoms with van der Waals surface area (Å²) in [6.07, 6.45) is 2.69. The molecule has 0 spiro atoms. The molecule has 0 atom stereocenters. The molecule has 0 radical (unpaired) electrons. The highest BCUT2D eigenvalue weighted by Gasteiger charge is 2.05. The fraction of sp³-hybridized carbons (Fsp3) is 0.385. The van der Waals surface area contributed by atoms with Crippen molar-refractivity contribution < 1.29 is 0 Å². The molecule has 0 aliphatic rings. The molecular weight excluding hydrogens is 246 g/mol. The molecule has 0 aliphatic heterocycles. The van der Waals surface area contributed by atoms with Crippen LogP contribution in [0, 0.1) is 0 Å². The van der Waals surface area contributed by atoms with E-state index in [9.17, 15) is 4.79 Å². The molecule has 2 heterocycles. The van der Waals surface area contributed by atoms with Crippen LogP contribution in [-0.2, 0) is 6.54 Å². The summed E-state index contributed by atoms with van der Waals surface area (Å²) in [6.45, 7) is 8.34. The molecule has 4 nitrogen and oxygen atoms in total. The van der Waals surface area contributed by atoms with Crippen LogP contribution in [-0.4, -0.2) is 22.6 Å². The highest BCUT2D eigenvalue weighted by molar-refractivity contribution is 7.17. The van der Waals surface area contributed by atoms with Crippen molar-refractivity contribution in [3.63, 3.8) is 0 Å². The summed E-state index contributed by atoms with van der Waals surface area (Å²) in [4.78, 5) is 16.4. The Morgan fingerprint density at radius 2 is 2.44 bits per heavy atom. The monoisotopic (exact) mass is 263 g/mol. The second-order valence-electron chi connectivity index (χ2n) is 4.24. The van der Waals surface area contributed by atoms with Gasteiger partial charge in [0.1, 0.15) is 4.70 Å². The second kappa shape index (κ2) is 5.93. The normalized spacial score (nSPS) is 10.9. The van der Waals surface area contributed by atoms with E-state index in [-0.39, 0.29) is 5.56 Å². The molecule has 1 N–H and O–H groups in total. The molecule has 96 valence electrons. The molecule has 0 unspecified atom stereocenters. The zero-order chi connectivity index (χ0) is 13.0. The Kier molecular flexibility index (Phi) is 4.28. The van der Waals surface area contributed by atoms with E-state index < -0.39 is 0 Å². The molecule has 0 saturated heterocycles. The van der Waals surface area contributed by atoms with Gasteiger partial charge in [0.2, 0.25) is 0 Å². The molecule has 0 fully saturated rings. The molecule has 18 heavy (non-hydrogen) atoms. The first kappa shape index (κ1) is 13.0. The van der Waals surface area contributed by atoms with E-state index in [0.717, 1.165) is 30.6 Å². The van der Waals surface area contributed by atoms with E-state index in [1.165, 1.54) is 11.3 Å². The summed E-state index contributed by atoms with van der Waals surface area (Å²) in [5.41, 5.74) is 1.78. The first-order valence-electron chi connectivity index (χ1n) is 6.02. The summed E-state index contributed by atoms with van der Waals surface area (Å²) in [7, 11) is 0. The molecular formula is C13H17N3OS. The fourth-order valence-electron chi connectivity index (χ4n) is 1.73. The van der Waals surface area contributed by atoms with Crippen LogP contribution in [0.25, 0.3) is 10.2 Å². The maximum Gasteiger partial charge on any atom is 0.271 e. The topological polar surface area (TPSA) is 46.9 Å². The van der Waals surface area contributed by atoms with Crippen LogP contribution in [0.1, 0.15) is 13.3 Å². The van der Waals surface area contributed by atoms with Crippen molar-refractivity contribution in [1.29, 1.82) is 0 Å². The fourth-order valence-corrected chi connectivity index (χ4v) is 2.52. The van der Waals surface area contributed by atoms with Crippen LogP contribution in [0.4, 0.5) is 0 Å². The van der Waals surface area contributed by atoms with Gasteiger partial charge in [0, 0.05) is 13.1 Å². The number of nitrogens with one attached hydrogen (secondary N) is 1. The standard InChI is InChI=1S/C13H17N3OS/c1-3-5-14-7-10(2)8-16-9-15-11-4-6-18-12(11)13(16)17/h4,6,9,14H,2-3,5,7-8H2,1H3. The lowest BCUT2D eigenvalue weighted by Gasteiger charge is -2.09. The summed E-state index contributed by atoms with van der Waals surface area (Å²) in [6, 6.07) is 1.86. The number of hydrogen-bond donors (Lipinski definition) is 1. The quantitative estimate of drug-likeness (QED) is 0.640. The Morgan fingerprint density at radius 1 is 1.61 bits per heavy atom. The third kappa shape index (κ3) is 2.86. The van der Waals surface area contributed by atoms with Gasteiger partial charge in [-0.1, -0.05) is 13.5 Å². The summed E-state index contributed by atoms with van der Waals surface area (Å²) >= 11 is 1.44. The third-order valence-electron chi connectivity index (χ3n) is 2.63. The van der Waals surface area contributed by atoms with Crippen LogP contribution < -0.4 is 10.9 Å². The molecule has 0 bridgehead atoms. The van der Waals surface area contributed by atoms with E-state index in [1.807, 2.05) is 11.4 Å². The Labute approximate surface area is 110 Å². The van der Waals surface area contributed by atoms with Crippen molar-refractivity contribution >= 4 is 21.6 Å². The van der Waals surface area contributed by atoms with Crippen molar-refractivity contribution in [1.82, 2.24) is 14.9 Å². The molecule has 0 aliphatic carbocycles. The van der Waals surface area contributed by atoms with E-state index in [4.69, 9.17) is 0 Å². The molecule has 2 aromatic rings. The highest BCUT2D eigenvalue weighted by Crippen LogP contribution is 2.13. The van der Waals surface area contributed by atoms with Gasteiger partial charge < -0.3 is 5.32 Å². The van der Waals surface area contributed by atoms with Crippen molar-refractivity contribution in [2.45, 2.75) is 19.9 Å². The number of fused-ring (bicyclic) bond motifs is 1. The van der Waals surface area contributed by atoms with Crippen LogP contribution in [0.15, 0.2) is 34.7 Å². The Bertz CT molecular complexity index is 600. The van der Waals surface area contributed by atoms with Crippen molar-refractivity contribution in [2.24, 2.45) is 0 Å². The van der Waals surface area contributed by atoms with Gasteiger partial charge in [-0.25, -0.2) is 4.98 Å². The summed E-state index contributed by atoms with van der Waals surface area (Å²) in [5, 5.41) is 5.16. The number of aromatic nitrogens is 2. The minimum atomic E-state index is 0.0200. The lowest BCUT2D eigenvalue weighted by atomic mass is 10.3. The number of rotatable bonds is 6.